The average molecular weight is 629 g/mol. The van der Waals surface area contributed by atoms with Gasteiger partial charge in [-0.25, -0.2) is 0 Å². The third-order valence-corrected chi connectivity index (χ3v) is 10.9. The predicted octanol–water partition coefficient (Wildman–Crippen LogP) is 14.0. The molecule has 3 aliphatic carbocycles. The minimum Gasteiger partial charge on any atom is -0.0842 e. The second kappa shape index (κ2) is 12.2. The molecule has 0 heteroatoms. The summed E-state index contributed by atoms with van der Waals surface area (Å²) in [7, 11) is 0. The first kappa shape index (κ1) is 29.7. The molecular weight excluding hydrogens is 589 g/mol. The molecule has 0 N–H and O–H groups in total. The number of benzene rings is 7. The van der Waals surface area contributed by atoms with E-state index in [9.17, 15) is 0 Å². The molecule has 49 heavy (non-hydrogen) atoms. The second-order valence-electron chi connectivity index (χ2n) is 13.4. The van der Waals surface area contributed by atoms with E-state index in [0.717, 1.165) is 12.8 Å². The van der Waals surface area contributed by atoms with Gasteiger partial charge in [-0.05, 0) is 119 Å². The average Bonchev–Trinajstić information content (AvgIpc) is 4.00. The minimum atomic E-state index is 0.543. The van der Waals surface area contributed by atoms with E-state index < -0.39 is 0 Å². The van der Waals surface area contributed by atoms with E-state index in [2.05, 4.69) is 158 Å². The Morgan fingerprint density at radius 1 is 0.449 bits per heavy atom. The molecule has 236 valence electrons. The molecule has 2 atom stereocenters. The van der Waals surface area contributed by atoms with Crippen LogP contribution in [-0.4, -0.2) is 0 Å². The number of fused-ring (bicyclic) bond motifs is 8. The molecule has 7 aromatic carbocycles. The Hall–Kier alpha value is -5.46. The monoisotopic (exact) mass is 628 g/mol. The predicted molar refractivity (Wildman–Crippen MR) is 211 cm³/mol. The van der Waals surface area contributed by atoms with Crippen molar-refractivity contribution in [3.05, 3.63) is 174 Å². The Balaban J connectivity index is 0.00000160. The second-order valence-corrected chi connectivity index (χ2v) is 13.4. The summed E-state index contributed by atoms with van der Waals surface area (Å²) in [4.78, 5) is 0. The summed E-state index contributed by atoms with van der Waals surface area (Å²) in [5.41, 5.74) is 16.7. The quantitative estimate of drug-likeness (QED) is 0.170. The van der Waals surface area contributed by atoms with Gasteiger partial charge in [-0.15, -0.1) is 0 Å². The molecule has 0 heterocycles. The summed E-state index contributed by atoms with van der Waals surface area (Å²) in [6.45, 7) is 4.00. The van der Waals surface area contributed by atoms with Gasteiger partial charge in [0.2, 0.25) is 0 Å². The Labute approximate surface area is 290 Å². The lowest BCUT2D eigenvalue weighted by molar-refractivity contribution is 1.01. The van der Waals surface area contributed by atoms with Crippen LogP contribution in [-0.2, 0) is 0 Å². The van der Waals surface area contributed by atoms with Crippen molar-refractivity contribution in [1.82, 2.24) is 0 Å². The Kier molecular flexibility index (Phi) is 7.39. The molecule has 0 saturated heterocycles. The lowest BCUT2D eigenvalue weighted by atomic mass is 9.76. The van der Waals surface area contributed by atoms with Crippen LogP contribution in [0.5, 0.6) is 0 Å². The lowest BCUT2D eigenvalue weighted by Crippen LogP contribution is -2.04. The van der Waals surface area contributed by atoms with Gasteiger partial charge in [-0.2, -0.15) is 0 Å². The van der Waals surface area contributed by atoms with Gasteiger partial charge >= 0.3 is 0 Å². The van der Waals surface area contributed by atoms with Crippen LogP contribution in [0.25, 0.3) is 71.6 Å². The third kappa shape index (κ3) is 4.81. The maximum absolute atomic E-state index is 2.46. The maximum Gasteiger partial charge on any atom is -0.00233 e. The van der Waals surface area contributed by atoms with Gasteiger partial charge in [0.25, 0.3) is 0 Å². The third-order valence-electron chi connectivity index (χ3n) is 10.9. The molecule has 0 aromatic heterocycles. The SMILES string of the molecule is C1=CCCC(c2c3ccccc3c(-c3ccc(-c4ccc(-c5ccccc5)cc4)c4c3C3CC3c3ccccc3-4)c3ccccc23)=C1.CC. The van der Waals surface area contributed by atoms with Crippen molar-refractivity contribution in [3.8, 4) is 44.5 Å². The smallest absolute Gasteiger partial charge is 0.00233 e. The van der Waals surface area contributed by atoms with E-state index in [1.54, 1.807) is 5.56 Å². The van der Waals surface area contributed by atoms with Crippen LogP contribution < -0.4 is 0 Å². The highest BCUT2D eigenvalue weighted by atomic mass is 14.5. The number of allylic oxidation sites excluding steroid dienone is 4. The van der Waals surface area contributed by atoms with Crippen molar-refractivity contribution < 1.29 is 0 Å². The normalized spacial score (nSPS) is 17.0. The lowest BCUT2D eigenvalue weighted by Gasteiger charge is -2.27. The Morgan fingerprint density at radius 2 is 1.02 bits per heavy atom. The van der Waals surface area contributed by atoms with E-state index in [4.69, 9.17) is 0 Å². The van der Waals surface area contributed by atoms with Gasteiger partial charge in [0.05, 0.1) is 0 Å². The number of hydrogen-bond donors (Lipinski definition) is 0. The first-order valence-corrected chi connectivity index (χ1v) is 18.1. The number of rotatable bonds is 4. The molecule has 2 unspecified atom stereocenters. The van der Waals surface area contributed by atoms with Gasteiger partial charge in [0.1, 0.15) is 0 Å². The molecule has 1 saturated carbocycles. The van der Waals surface area contributed by atoms with Gasteiger partial charge in [-0.1, -0.05) is 172 Å². The van der Waals surface area contributed by atoms with Crippen molar-refractivity contribution in [1.29, 1.82) is 0 Å². The molecule has 0 spiro atoms. The van der Waals surface area contributed by atoms with E-state index in [-0.39, 0.29) is 0 Å². The van der Waals surface area contributed by atoms with Crippen LogP contribution in [0, 0.1) is 0 Å². The topological polar surface area (TPSA) is 0 Å². The zero-order valence-electron chi connectivity index (χ0n) is 28.3. The van der Waals surface area contributed by atoms with Crippen molar-refractivity contribution in [2.45, 2.75) is 44.9 Å². The highest BCUT2D eigenvalue weighted by Gasteiger charge is 2.47. The molecule has 3 aliphatic rings. The van der Waals surface area contributed by atoms with E-state index in [0.29, 0.717) is 11.8 Å². The fourth-order valence-corrected chi connectivity index (χ4v) is 8.71. The summed E-state index contributed by atoms with van der Waals surface area (Å²) in [5.74, 6) is 1.14. The van der Waals surface area contributed by atoms with Crippen LogP contribution in [0.4, 0.5) is 0 Å². The summed E-state index contributed by atoms with van der Waals surface area (Å²) in [5, 5.41) is 5.44. The van der Waals surface area contributed by atoms with Gasteiger partial charge in [0, 0.05) is 0 Å². The first-order valence-electron chi connectivity index (χ1n) is 18.1. The highest BCUT2D eigenvalue weighted by molar-refractivity contribution is 6.20. The molecular formula is C49H40. The van der Waals surface area contributed by atoms with Crippen LogP contribution in [0.2, 0.25) is 0 Å². The van der Waals surface area contributed by atoms with Crippen LogP contribution in [0.15, 0.2) is 158 Å². The summed E-state index contributed by atoms with van der Waals surface area (Å²) in [6.07, 6.45) is 10.3. The highest BCUT2D eigenvalue weighted by Crippen LogP contribution is 2.65. The summed E-state index contributed by atoms with van der Waals surface area (Å²) in [6, 6.07) is 52.3. The van der Waals surface area contributed by atoms with Crippen LogP contribution in [0.3, 0.4) is 0 Å². The Bertz CT molecular complexity index is 2360. The van der Waals surface area contributed by atoms with Gasteiger partial charge in [0.15, 0.2) is 0 Å². The fourth-order valence-electron chi connectivity index (χ4n) is 8.71. The molecule has 0 bridgehead atoms. The summed E-state index contributed by atoms with van der Waals surface area (Å²) < 4.78 is 0. The van der Waals surface area contributed by atoms with Crippen molar-refractivity contribution in [3.63, 3.8) is 0 Å². The van der Waals surface area contributed by atoms with Crippen LogP contribution in [0.1, 0.15) is 61.6 Å². The zero-order chi connectivity index (χ0) is 32.9. The standard InChI is InChI=1S/C47H34.C2H6/c1-3-13-30(14-4-1)31-23-25-32(26-24-31)34-27-28-41(47-43-29-42(43)35-17-7-8-18-36(35)46(34)47)45-39-21-11-9-19-37(39)44(33-15-5-2-6-16-33)38-20-10-12-22-40(38)45;1-2/h1-5,7-15,17-28,42-43H,6,16,29H2;1-2H3. The molecule has 10 rings (SSSR count). The molecule has 0 aliphatic heterocycles. The maximum atomic E-state index is 2.46. The van der Waals surface area contributed by atoms with E-state index >= 15 is 0 Å². The molecule has 0 radical (unpaired) electrons. The molecule has 1 fully saturated rings. The molecule has 0 nitrogen and oxygen atoms in total. The van der Waals surface area contributed by atoms with Gasteiger partial charge < -0.3 is 0 Å². The molecule has 7 aromatic rings. The zero-order valence-corrected chi connectivity index (χ0v) is 28.3. The largest absolute Gasteiger partial charge is 0.0842 e. The summed E-state index contributed by atoms with van der Waals surface area (Å²) >= 11 is 0. The van der Waals surface area contributed by atoms with Gasteiger partial charge in [-0.3, -0.25) is 0 Å². The number of hydrogen-bond acceptors (Lipinski definition) is 0. The fraction of sp³-hybridized carbons (Fsp3) is 0.143. The first-order chi connectivity index (χ1) is 24.3. The van der Waals surface area contributed by atoms with E-state index in [1.165, 1.54) is 89.2 Å². The van der Waals surface area contributed by atoms with Crippen molar-refractivity contribution >= 4 is 27.1 Å². The van der Waals surface area contributed by atoms with Crippen molar-refractivity contribution in [2.24, 2.45) is 0 Å². The Morgan fingerprint density at radius 3 is 1.69 bits per heavy atom. The van der Waals surface area contributed by atoms with Crippen LogP contribution >= 0.6 is 0 Å². The molecule has 0 amide bonds. The van der Waals surface area contributed by atoms with Crippen molar-refractivity contribution in [2.75, 3.05) is 0 Å². The minimum absolute atomic E-state index is 0.543. The van der Waals surface area contributed by atoms with E-state index in [1.807, 2.05) is 13.8 Å².